The topological polar surface area (TPSA) is 26.0 Å². The number of hydrogen-bond donors (Lipinski definition) is 1. The second kappa shape index (κ2) is 4.66. The molecule has 0 saturated heterocycles. The Morgan fingerprint density at radius 1 is 1.25 bits per heavy atom. The van der Waals surface area contributed by atoms with Gasteiger partial charge < -0.3 is 5.73 Å². The van der Waals surface area contributed by atoms with Crippen LogP contribution < -0.4 is 5.73 Å². The zero-order chi connectivity index (χ0) is 8.97. The molecule has 0 radical (unpaired) electrons. The Morgan fingerprint density at radius 3 is 2.33 bits per heavy atom. The van der Waals surface area contributed by atoms with Crippen LogP contribution in [0.3, 0.4) is 0 Å². The standard InChI is InChI=1S/C11H21N/c1-3-9-5-6-10(9)7-8-11(12)4-2/h5-6,9-11H,3-4,7-8,12H2,1-2H3/t9?,10?,11-/m0/s1. The van der Waals surface area contributed by atoms with Gasteiger partial charge in [0.05, 0.1) is 0 Å². The smallest absolute Gasteiger partial charge is 0.00364 e. The Labute approximate surface area is 76.0 Å². The van der Waals surface area contributed by atoms with E-state index in [2.05, 4.69) is 26.0 Å². The normalized spacial score (nSPS) is 29.9. The summed E-state index contributed by atoms with van der Waals surface area (Å²) in [6, 6.07) is 0.427. The Balaban J connectivity index is 2.12. The molecule has 2 unspecified atom stereocenters. The van der Waals surface area contributed by atoms with Crippen molar-refractivity contribution in [2.24, 2.45) is 17.6 Å². The van der Waals surface area contributed by atoms with Crippen LogP contribution in [0.15, 0.2) is 12.2 Å². The molecule has 0 aromatic heterocycles. The van der Waals surface area contributed by atoms with Gasteiger partial charge in [-0.3, -0.25) is 0 Å². The molecule has 0 aromatic rings. The van der Waals surface area contributed by atoms with Gasteiger partial charge in [0.2, 0.25) is 0 Å². The minimum atomic E-state index is 0.427. The van der Waals surface area contributed by atoms with Gasteiger partial charge in [-0.15, -0.1) is 0 Å². The van der Waals surface area contributed by atoms with E-state index in [1.807, 2.05) is 0 Å². The monoisotopic (exact) mass is 167 g/mol. The molecule has 70 valence electrons. The van der Waals surface area contributed by atoms with Crippen molar-refractivity contribution in [1.29, 1.82) is 0 Å². The fraction of sp³-hybridized carbons (Fsp3) is 0.818. The second-order valence-corrected chi connectivity index (χ2v) is 3.87. The molecule has 12 heavy (non-hydrogen) atoms. The van der Waals surface area contributed by atoms with Crippen molar-refractivity contribution < 1.29 is 0 Å². The first kappa shape index (κ1) is 9.79. The Kier molecular flexibility index (Phi) is 3.80. The molecule has 1 rings (SSSR count). The predicted molar refractivity (Wildman–Crippen MR) is 53.9 cm³/mol. The summed E-state index contributed by atoms with van der Waals surface area (Å²) >= 11 is 0. The third-order valence-corrected chi connectivity index (χ3v) is 3.02. The van der Waals surface area contributed by atoms with Crippen molar-refractivity contribution in [3.8, 4) is 0 Å². The number of rotatable bonds is 5. The molecule has 2 N–H and O–H groups in total. The van der Waals surface area contributed by atoms with Crippen LogP contribution in [-0.2, 0) is 0 Å². The lowest BCUT2D eigenvalue weighted by molar-refractivity contribution is 0.365. The number of allylic oxidation sites excluding steroid dienone is 2. The summed E-state index contributed by atoms with van der Waals surface area (Å²) in [5.74, 6) is 1.70. The lowest BCUT2D eigenvalue weighted by atomic mass is 9.77. The van der Waals surface area contributed by atoms with Gasteiger partial charge >= 0.3 is 0 Å². The Bertz CT molecular complexity index is 151. The van der Waals surface area contributed by atoms with Crippen molar-refractivity contribution in [3.05, 3.63) is 12.2 Å². The van der Waals surface area contributed by atoms with E-state index in [-0.39, 0.29) is 0 Å². The molecule has 0 bridgehead atoms. The van der Waals surface area contributed by atoms with Gasteiger partial charge in [0.25, 0.3) is 0 Å². The summed E-state index contributed by atoms with van der Waals surface area (Å²) in [4.78, 5) is 0. The van der Waals surface area contributed by atoms with Crippen LogP contribution in [0.25, 0.3) is 0 Å². The Hall–Kier alpha value is -0.300. The zero-order valence-corrected chi connectivity index (χ0v) is 8.29. The quantitative estimate of drug-likeness (QED) is 0.626. The maximum Gasteiger partial charge on any atom is 0.00364 e. The minimum Gasteiger partial charge on any atom is -0.328 e. The van der Waals surface area contributed by atoms with Gasteiger partial charge in [-0.05, 0) is 37.5 Å². The van der Waals surface area contributed by atoms with E-state index in [9.17, 15) is 0 Å². The molecule has 1 heteroatoms. The fourth-order valence-corrected chi connectivity index (χ4v) is 1.79. The molecule has 1 nitrogen and oxygen atoms in total. The molecule has 1 aliphatic rings. The molecule has 0 aromatic carbocycles. The minimum absolute atomic E-state index is 0.427. The fourth-order valence-electron chi connectivity index (χ4n) is 1.79. The second-order valence-electron chi connectivity index (χ2n) is 3.87. The summed E-state index contributed by atoms with van der Waals surface area (Å²) in [5.41, 5.74) is 5.86. The summed E-state index contributed by atoms with van der Waals surface area (Å²) < 4.78 is 0. The van der Waals surface area contributed by atoms with Gasteiger partial charge in [-0.25, -0.2) is 0 Å². The van der Waals surface area contributed by atoms with Gasteiger partial charge in [-0.2, -0.15) is 0 Å². The van der Waals surface area contributed by atoms with Gasteiger partial charge in [0.1, 0.15) is 0 Å². The lowest BCUT2D eigenvalue weighted by Crippen LogP contribution is -2.23. The predicted octanol–water partition coefficient (Wildman–Crippen LogP) is 2.72. The van der Waals surface area contributed by atoms with Gasteiger partial charge in [-0.1, -0.05) is 26.0 Å². The van der Waals surface area contributed by atoms with E-state index in [1.165, 1.54) is 19.3 Å². The maximum absolute atomic E-state index is 5.86. The first-order valence-corrected chi connectivity index (χ1v) is 5.21. The average Bonchev–Trinajstić information content (AvgIpc) is 2.03. The summed E-state index contributed by atoms with van der Waals surface area (Å²) in [7, 11) is 0. The van der Waals surface area contributed by atoms with Gasteiger partial charge in [0, 0.05) is 6.04 Å². The van der Waals surface area contributed by atoms with Gasteiger partial charge in [0.15, 0.2) is 0 Å². The van der Waals surface area contributed by atoms with E-state index in [0.717, 1.165) is 18.3 Å². The molecule has 0 fully saturated rings. The Morgan fingerprint density at radius 2 is 1.92 bits per heavy atom. The van der Waals surface area contributed by atoms with Crippen LogP contribution in [0.1, 0.15) is 39.5 Å². The molecule has 0 aliphatic heterocycles. The first-order valence-electron chi connectivity index (χ1n) is 5.21. The van der Waals surface area contributed by atoms with Crippen molar-refractivity contribution in [1.82, 2.24) is 0 Å². The van der Waals surface area contributed by atoms with Crippen molar-refractivity contribution in [3.63, 3.8) is 0 Å². The van der Waals surface area contributed by atoms with Crippen molar-refractivity contribution in [2.75, 3.05) is 0 Å². The van der Waals surface area contributed by atoms with Crippen LogP contribution in [-0.4, -0.2) is 6.04 Å². The largest absolute Gasteiger partial charge is 0.328 e. The van der Waals surface area contributed by atoms with E-state index in [1.54, 1.807) is 0 Å². The molecule has 0 amide bonds. The molecular formula is C11H21N. The lowest BCUT2D eigenvalue weighted by Gasteiger charge is -2.29. The SMILES string of the molecule is CCC1C=CC1CC[C@@H](N)CC. The summed E-state index contributed by atoms with van der Waals surface area (Å²) in [6.45, 7) is 4.43. The highest BCUT2D eigenvalue weighted by atomic mass is 14.6. The van der Waals surface area contributed by atoms with Crippen LogP contribution >= 0.6 is 0 Å². The number of nitrogens with two attached hydrogens (primary N) is 1. The van der Waals surface area contributed by atoms with E-state index in [4.69, 9.17) is 5.73 Å². The van der Waals surface area contributed by atoms with E-state index in [0.29, 0.717) is 6.04 Å². The molecular weight excluding hydrogens is 146 g/mol. The van der Waals surface area contributed by atoms with E-state index < -0.39 is 0 Å². The first-order chi connectivity index (χ1) is 5.77. The van der Waals surface area contributed by atoms with Crippen LogP contribution in [0.2, 0.25) is 0 Å². The van der Waals surface area contributed by atoms with Crippen molar-refractivity contribution >= 4 is 0 Å². The number of hydrogen-bond acceptors (Lipinski definition) is 1. The highest BCUT2D eigenvalue weighted by Gasteiger charge is 2.21. The molecule has 1 aliphatic carbocycles. The van der Waals surface area contributed by atoms with Crippen molar-refractivity contribution in [2.45, 2.75) is 45.6 Å². The molecule has 3 atom stereocenters. The average molecular weight is 167 g/mol. The highest BCUT2D eigenvalue weighted by Crippen LogP contribution is 2.32. The molecule has 0 heterocycles. The van der Waals surface area contributed by atoms with E-state index >= 15 is 0 Å². The third kappa shape index (κ3) is 2.34. The van der Waals surface area contributed by atoms with Crippen LogP contribution in [0.4, 0.5) is 0 Å². The van der Waals surface area contributed by atoms with Crippen LogP contribution in [0.5, 0.6) is 0 Å². The zero-order valence-electron chi connectivity index (χ0n) is 8.29. The maximum atomic E-state index is 5.86. The summed E-state index contributed by atoms with van der Waals surface area (Å²) in [5, 5.41) is 0. The molecule has 0 saturated carbocycles. The molecule has 0 spiro atoms. The van der Waals surface area contributed by atoms with Crippen LogP contribution in [0, 0.1) is 11.8 Å². The third-order valence-electron chi connectivity index (χ3n) is 3.02. The highest BCUT2D eigenvalue weighted by molar-refractivity contribution is 5.08. The summed E-state index contributed by atoms with van der Waals surface area (Å²) in [6.07, 6.45) is 9.58.